The van der Waals surface area contributed by atoms with Crippen LogP contribution >= 0.6 is 0 Å². The molecule has 1 atom stereocenters. The number of benzene rings is 1. The topological polar surface area (TPSA) is 80.6 Å². The summed E-state index contributed by atoms with van der Waals surface area (Å²) in [5, 5.41) is 6.50. The van der Waals surface area contributed by atoms with E-state index in [0.717, 1.165) is 42.8 Å². The maximum atomic E-state index is 12.9. The summed E-state index contributed by atoms with van der Waals surface area (Å²) in [4.78, 5) is 25.8. The molecule has 4 aliphatic carbocycles. The van der Waals surface area contributed by atoms with Crippen molar-refractivity contribution in [3.8, 4) is 0 Å². The summed E-state index contributed by atoms with van der Waals surface area (Å²) in [6.07, 6.45) is 7.96. The second-order valence-electron chi connectivity index (χ2n) is 9.71. The van der Waals surface area contributed by atoms with Gasteiger partial charge in [0.1, 0.15) is 5.76 Å². The normalized spacial score (nSPS) is 29.4. The van der Waals surface area contributed by atoms with Gasteiger partial charge in [-0.25, -0.2) is 4.79 Å². The van der Waals surface area contributed by atoms with Crippen molar-refractivity contribution < 1.29 is 18.7 Å². The first-order valence-corrected chi connectivity index (χ1v) is 11.4. The zero-order valence-corrected chi connectivity index (χ0v) is 17.9. The van der Waals surface area contributed by atoms with Crippen molar-refractivity contribution in [3.05, 3.63) is 54.0 Å². The number of esters is 1. The van der Waals surface area contributed by atoms with Gasteiger partial charge in [-0.05, 0) is 87.5 Å². The Morgan fingerprint density at radius 3 is 2.39 bits per heavy atom. The molecule has 0 radical (unpaired) electrons. The van der Waals surface area contributed by atoms with Gasteiger partial charge in [-0.15, -0.1) is 0 Å². The summed E-state index contributed by atoms with van der Waals surface area (Å²) in [6, 6.07) is 10.8. The van der Waals surface area contributed by atoms with Crippen molar-refractivity contribution in [1.82, 2.24) is 5.32 Å². The second kappa shape index (κ2) is 8.06. The molecule has 6 heteroatoms. The molecule has 4 fully saturated rings. The van der Waals surface area contributed by atoms with Crippen LogP contribution < -0.4 is 10.6 Å². The smallest absolute Gasteiger partial charge is 0.341 e. The summed E-state index contributed by atoms with van der Waals surface area (Å²) in [6.45, 7) is 2.12. The first-order chi connectivity index (χ1) is 15.0. The molecule has 0 unspecified atom stereocenters. The number of furan rings is 1. The molecule has 0 saturated heterocycles. The Hall–Kier alpha value is -2.76. The lowest BCUT2D eigenvalue weighted by Crippen LogP contribution is -2.61. The van der Waals surface area contributed by atoms with E-state index in [1.807, 2.05) is 24.3 Å². The summed E-state index contributed by atoms with van der Waals surface area (Å²) < 4.78 is 10.9. The Labute approximate surface area is 182 Å². The Bertz CT molecular complexity index is 917. The minimum Gasteiger partial charge on any atom is -0.467 e. The zero-order valence-electron chi connectivity index (χ0n) is 17.9. The number of anilines is 1. The van der Waals surface area contributed by atoms with E-state index in [2.05, 4.69) is 10.6 Å². The first kappa shape index (κ1) is 20.2. The van der Waals surface area contributed by atoms with Crippen LogP contribution in [-0.2, 0) is 16.1 Å². The molecular formula is C25H30N2O4. The first-order valence-electron chi connectivity index (χ1n) is 11.4. The van der Waals surface area contributed by atoms with Crippen molar-refractivity contribution in [1.29, 1.82) is 0 Å². The molecule has 4 bridgehead atoms. The van der Waals surface area contributed by atoms with Gasteiger partial charge >= 0.3 is 5.97 Å². The van der Waals surface area contributed by atoms with Gasteiger partial charge in [0.05, 0.1) is 18.4 Å². The number of nitrogens with one attached hydrogen (secondary N) is 2. The van der Waals surface area contributed by atoms with Crippen molar-refractivity contribution in [3.63, 3.8) is 0 Å². The van der Waals surface area contributed by atoms with Crippen LogP contribution in [0.5, 0.6) is 0 Å². The standard InChI is InChI=1S/C25H30N2O4/c1-16(23(28)27-25-12-17-9-18(13-25)11-19(10-17)14-25)31-24(29)21-6-2-3-7-22(21)26-15-20-5-4-8-30-20/h2-8,16-19,26H,9-15H2,1H3,(H,27,28)/t16-,17?,18?,19?,25?/m1/s1. The number of carbonyl (C=O) groups is 2. The van der Waals surface area contributed by atoms with Crippen molar-refractivity contribution >= 4 is 17.6 Å². The highest BCUT2D eigenvalue weighted by Crippen LogP contribution is 2.55. The number of hydrogen-bond donors (Lipinski definition) is 2. The van der Waals surface area contributed by atoms with E-state index in [1.54, 1.807) is 25.3 Å². The lowest BCUT2D eigenvalue weighted by Gasteiger charge is -2.57. The number of ether oxygens (including phenoxy) is 1. The van der Waals surface area contributed by atoms with Gasteiger partial charge in [-0.3, -0.25) is 4.79 Å². The van der Waals surface area contributed by atoms with Gasteiger partial charge in [0.2, 0.25) is 0 Å². The molecule has 6 nitrogen and oxygen atoms in total. The van der Waals surface area contributed by atoms with Gasteiger partial charge in [-0.1, -0.05) is 12.1 Å². The predicted molar refractivity (Wildman–Crippen MR) is 116 cm³/mol. The molecule has 1 aromatic heterocycles. The molecule has 0 spiro atoms. The van der Waals surface area contributed by atoms with Crippen LogP contribution in [0.15, 0.2) is 47.1 Å². The average molecular weight is 423 g/mol. The molecule has 2 aromatic rings. The zero-order chi connectivity index (χ0) is 21.4. The van der Waals surface area contributed by atoms with Gasteiger partial charge in [0.25, 0.3) is 5.91 Å². The summed E-state index contributed by atoms with van der Waals surface area (Å²) in [5.41, 5.74) is 0.968. The molecule has 1 amide bonds. The Balaban J connectivity index is 1.21. The molecule has 164 valence electrons. The van der Waals surface area contributed by atoms with E-state index in [1.165, 1.54) is 19.3 Å². The largest absolute Gasteiger partial charge is 0.467 e. The Morgan fingerprint density at radius 1 is 1.06 bits per heavy atom. The van der Waals surface area contributed by atoms with E-state index >= 15 is 0 Å². The molecular weight excluding hydrogens is 392 g/mol. The van der Waals surface area contributed by atoms with E-state index in [4.69, 9.17) is 9.15 Å². The highest BCUT2D eigenvalue weighted by Gasteiger charge is 2.51. The van der Waals surface area contributed by atoms with E-state index < -0.39 is 12.1 Å². The maximum absolute atomic E-state index is 12.9. The lowest BCUT2D eigenvalue weighted by molar-refractivity contribution is -0.134. The third kappa shape index (κ3) is 4.21. The summed E-state index contributed by atoms with van der Waals surface area (Å²) in [7, 11) is 0. The maximum Gasteiger partial charge on any atom is 0.341 e. The fourth-order valence-electron chi connectivity index (χ4n) is 6.32. The lowest BCUT2D eigenvalue weighted by atomic mass is 9.53. The van der Waals surface area contributed by atoms with E-state index in [0.29, 0.717) is 17.8 Å². The van der Waals surface area contributed by atoms with Gasteiger partial charge in [0.15, 0.2) is 6.10 Å². The molecule has 0 aliphatic heterocycles. The van der Waals surface area contributed by atoms with Crippen LogP contribution in [0, 0.1) is 17.8 Å². The molecule has 4 aliphatic rings. The van der Waals surface area contributed by atoms with Crippen molar-refractivity contribution in [2.24, 2.45) is 17.8 Å². The van der Waals surface area contributed by atoms with E-state index in [-0.39, 0.29) is 11.4 Å². The minimum atomic E-state index is -0.835. The molecule has 1 heterocycles. The predicted octanol–water partition coefficient (Wildman–Crippen LogP) is 4.52. The van der Waals surface area contributed by atoms with Gasteiger partial charge in [-0.2, -0.15) is 0 Å². The third-order valence-electron chi connectivity index (χ3n) is 7.26. The van der Waals surface area contributed by atoms with Crippen LogP contribution in [0.1, 0.15) is 61.6 Å². The molecule has 6 rings (SSSR count). The number of hydrogen-bond acceptors (Lipinski definition) is 5. The van der Waals surface area contributed by atoms with Crippen LogP contribution in [0.2, 0.25) is 0 Å². The monoisotopic (exact) mass is 422 g/mol. The summed E-state index contributed by atoms with van der Waals surface area (Å²) in [5.74, 6) is 2.32. The Morgan fingerprint density at radius 2 is 1.74 bits per heavy atom. The fourth-order valence-corrected chi connectivity index (χ4v) is 6.32. The molecule has 31 heavy (non-hydrogen) atoms. The highest BCUT2D eigenvalue weighted by molar-refractivity contribution is 5.97. The summed E-state index contributed by atoms with van der Waals surface area (Å²) >= 11 is 0. The van der Waals surface area contributed by atoms with Crippen LogP contribution in [0.4, 0.5) is 5.69 Å². The average Bonchev–Trinajstić information content (AvgIpc) is 3.24. The van der Waals surface area contributed by atoms with Crippen molar-refractivity contribution in [2.45, 2.75) is 63.6 Å². The van der Waals surface area contributed by atoms with Crippen LogP contribution in [0.25, 0.3) is 0 Å². The molecule has 1 aromatic carbocycles. The SMILES string of the molecule is C[C@@H](OC(=O)c1ccccc1NCc1ccco1)C(=O)NC12CC3CC(CC(C3)C1)C2. The highest BCUT2D eigenvalue weighted by atomic mass is 16.5. The minimum absolute atomic E-state index is 0.0883. The number of carbonyl (C=O) groups excluding carboxylic acids is 2. The van der Waals surface area contributed by atoms with Gasteiger partial charge in [0, 0.05) is 11.2 Å². The quantitative estimate of drug-likeness (QED) is 0.641. The van der Waals surface area contributed by atoms with Crippen LogP contribution in [-0.4, -0.2) is 23.5 Å². The molecule has 4 saturated carbocycles. The number of amides is 1. The van der Waals surface area contributed by atoms with E-state index in [9.17, 15) is 9.59 Å². The number of rotatable bonds is 7. The number of para-hydroxylation sites is 1. The second-order valence-corrected chi connectivity index (χ2v) is 9.71. The fraction of sp³-hybridized carbons (Fsp3) is 0.520. The van der Waals surface area contributed by atoms with Crippen molar-refractivity contribution in [2.75, 3.05) is 5.32 Å². The Kier molecular flexibility index (Phi) is 5.24. The molecule has 2 N–H and O–H groups in total. The van der Waals surface area contributed by atoms with Crippen LogP contribution in [0.3, 0.4) is 0 Å². The van der Waals surface area contributed by atoms with Gasteiger partial charge < -0.3 is 19.8 Å². The third-order valence-corrected chi connectivity index (χ3v) is 7.26.